The monoisotopic (exact) mass is 642 g/mol. The van der Waals surface area contributed by atoms with E-state index in [9.17, 15) is 10.5 Å². The van der Waals surface area contributed by atoms with E-state index in [-0.39, 0.29) is 0 Å². The second-order valence-electron chi connectivity index (χ2n) is 12.7. The predicted octanol–water partition coefficient (Wildman–Crippen LogP) is 11.5. The number of nitrogens with zero attached hydrogens (tertiary/aromatic N) is 4. The van der Waals surface area contributed by atoms with E-state index >= 15 is 0 Å². The van der Waals surface area contributed by atoms with Crippen molar-refractivity contribution in [1.82, 2.24) is 9.13 Å². The minimum atomic E-state index is 0.569. The summed E-state index contributed by atoms with van der Waals surface area (Å²) in [5, 5.41) is 26.7. The lowest BCUT2D eigenvalue weighted by atomic mass is 9.99. The number of allylic oxidation sites excluding steroid dienone is 1. The molecule has 9 aromatic rings. The molecule has 5 heteroatoms. The first kappa shape index (κ1) is 27.7. The van der Waals surface area contributed by atoms with E-state index in [0.717, 1.165) is 51.9 Å². The van der Waals surface area contributed by atoms with Crippen LogP contribution in [0.15, 0.2) is 127 Å². The average Bonchev–Trinajstić information content (AvgIpc) is 3.82. The van der Waals surface area contributed by atoms with Crippen LogP contribution in [0.4, 0.5) is 0 Å². The van der Waals surface area contributed by atoms with Crippen LogP contribution in [0.2, 0.25) is 0 Å². The minimum Gasteiger partial charge on any atom is -0.313 e. The van der Waals surface area contributed by atoms with Crippen molar-refractivity contribution in [3.8, 4) is 34.6 Å². The highest BCUT2D eigenvalue weighted by atomic mass is 32.1. The molecule has 4 nitrogen and oxygen atoms in total. The first-order chi connectivity index (χ1) is 24.2. The molecule has 3 heterocycles. The topological polar surface area (TPSA) is 57.4 Å². The number of hydrogen-bond acceptors (Lipinski definition) is 3. The molecule has 0 saturated heterocycles. The van der Waals surface area contributed by atoms with Crippen LogP contribution in [0.3, 0.4) is 0 Å². The summed E-state index contributed by atoms with van der Waals surface area (Å²) in [7, 11) is 0. The highest BCUT2D eigenvalue weighted by Gasteiger charge is 2.23. The van der Waals surface area contributed by atoms with Gasteiger partial charge in [0.05, 0.1) is 39.8 Å². The fraction of sp³-hybridized carbons (Fsp3) is 0.0455. The zero-order chi connectivity index (χ0) is 32.6. The number of para-hydroxylation sites is 2. The number of rotatable bonds is 3. The standard InChI is InChI=1S/C44H26N4S/c45-25-27-19-29(23-31(21-27)47-38-13-5-1-9-33(38)34-10-2-6-14-39(34)47)30-20-28(26-46)22-32(24-30)48-40-15-7-3-12-37(40)43-41(48)18-17-36-35-11-4-8-16-42(35)49-44(36)43/h1-6,8-14,16-24H,7,15H2. The van der Waals surface area contributed by atoms with Gasteiger partial charge in [-0.2, -0.15) is 10.5 Å². The van der Waals surface area contributed by atoms with E-state index in [2.05, 4.69) is 130 Å². The van der Waals surface area contributed by atoms with E-state index in [1.54, 1.807) is 0 Å². The summed E-state index contributed by atoms with van der Waals surface area (Å²) in [5.74, 6) is 0. The molecule has 0 radical (unpaired) electrons. The predicted molar refractivity (Wildman–Crippen MR) is 203 cm³/mol. The lowest BCUT2D eigenvalue weighted by molar-refractivity contribution is 0.888. The molecule has 0 aliphatic heterocycles. The molecule has 0 amide bonds. The van der Waals surface area contributed by atoms with Crippen molar-refractivity contribution in [1.29, 1.82) is 10.5 Å². The van der Waals surface area contributed by atoms with Gasteiger partial charge in [-0.15, -0.1) is 11.3 Å². The van der Waals surface area contributed by atoms with Crippen molar-refractivity contribution < 1.29 is 0 Å². The number of aromatic nitrogens is 2. The minimum absolute atomic E-state index is 0.569. The van der Waals surface area contributed by atoms with E-state index < -0.39 is 0 Å². The first-order valence-electron chi connectivity index (χ1n) is 16.4. The van der Waals surface area contributed by atoms with E-state index in [0.29, 0.717) is 11.1 Å². The molecule has 1 aliphatic rings. The van der Waals surface area contributed by atoms with Gasteiger partial charge in [0.25, 0.3) is 0 Å². The molecule has 0 unspecified atom stereocenters. The van der Waals surface area contributed by atoms with Gasteiger partial charge >= 0.3 is 0 Å². The van der Waals surface area contributed by atoms with Crippen molar-refractivity contribution in [2.45, 2.75) is 12.8 Å². The zero-order valence-electron chi connectivity index (χ0n) is 26.3. The normalized spacial score (nSPS) is 12.6. The van der Waals surface area contributed by atoms with E-state index in [1.807, 2.05) is 35.6 Å². The van der Waals surface area contributed by atoms with Crippen molar-refractivity contribution in [3.63, 3.8) is 0 Å². The highest BCUT2D eigenvalue weighted by molar-refractivity contribution is 7.26. The third-order valence-corrected chi connectivity index (χ3v) is 11.2. The summed E-state index contributed by atoms with van der Waals surface area (Å²) in [6, 6.07) is 46.9. The van der Waals surface area contributed by atoms with Gasteiger partial charge in [0.15, 0.2) is 0 Å². The Balaban J connectivity index is 1.22. The van der Waals surface area contributed by atoms with Crippen LogP contribution in [0.25, 0.3) is 81.5 Å². The molecule has 10 rings (SSSR count). The maximum Gasteiger partial charge on any atom is 0.0992 e. The van der Waals surface area contributed by atoms with Gasteiger partial charge < -0.3 is 9.13 Å². The Morgan fingerprint density at radius 2 is 1.18 bits per heavy atom. The Morgan fingerprint density at radius 1 is 0.571 bits per heavy atom. The second-order valence-corrected chi connectivity index (χ2v) is 13.8. The third-order valence-electron chi connectivity index (χ3n) is 9.97. The molecule has 0 N–H and O–H groups in total. The van der Waals surface area contributed by atoms with Crippen molar-refractivity contribution in [3.05, 3.63) is 150 Å². The SMILES string of the molecule is N#Cc1cc(-c2cc(C#N)cc(-n3c4ccccc4c4ccccc43)c2)cc(-n2c3c(c4c5sc6ccccc6c5ccc42)C=CCC3)c1. The number of benzene rings is 6. The van der Waals surface area contributed by atoms with Gasteiger partial charge in [0, 0.05) is 59.0 Å². The van der Waals surface area contributed by atoms with Crippen molar-refractivity contribution in [2.75, 3.05) is 0 Å². The average molecular weight is 643 g/mol. The van der Waals surface area contributed by atoms with Gasteiger partial charge in [-0.1, -0.05) is 72.8 Å². The Labute approximate surface area is 286 Å². The molecule has 0 bridgehead atoms. The zero-order valence-corrected chi connectivity index (χ0v) is 27.1. The summed E-state index contributed by atoms with van der Waals surface area (Å²) in [6.45, 7) is 0. The molecular formula is C44H26N4S. The number of fused-ring (bicyclic) bond motifs is 10. The van der Waals surface area contributed by atoms with Gasteiger partial charge in [0.2, 0.25) is 0 Å². The summed E-state index contributed by atoms with van der Waals surface area (Å²) in [4.78, 5) is 0. The largest absolute Gasteiger partial charge is 0.313 e. The first-order valence-corrected chi connectivity index (χ1v) is 17.3. The van der Waals surface area contributed by atoms with Crippen LogP contribution in [-0.4, -0.2) is 9.13 Å². The summed E-state index contributed by atoms with van der Waals surface area (Å²) in [6.07, 6.45) is 6.45. The smallest absolute Gasteiger partial charge is 0.0992 e. The molecule has 49 heavy (non-hydrogen) atoms. The molecule has 0 spiro atoms. The number of hydrogen-bond donors (Lipinski definition) is 0. The van der Waals surface area contributed by atoms with Crippen LogP contribution < -0.4 is 0 Å². The Hall–Kier alpha value is -6.40. The van der Waals surface area contributed by atoms with Crippen LogP contribution in [0.1, 0.15) is 28.8 Å². The van der Waals surface area contributed by atoms with Crippen LogP contribution >= 0.6 is 11.3 Å². The van der Waals surface area contributed by atoms with Crippen LogP contribution in [0, 0.1) is 22.7 Å². The third kappa shape index (κ3) is 4.07. The Kier molecular flexibility index (Phi) is 5.96. The fourth-order valence-corrected chi connectivity index (χ4v) is 9.18. The fourth-order valence-electron chi connectivity index (χ4n) is 7.92. The number of thiophene rings is 1. The van der Waals surface area contributed by atoms with Gasteiger partial charge in [-0.25, -0.2) is 0 Å². The van der Waals surface area contributed by atoms with Crippen LogP contribution in [-0.2, 0) is 6.42 Å². The molecule has 0 atom stereocenters. The van der Waals surface area contributed by atoms with Crippen molar-refractivity contribution >= 4 is 70.3 Å². The van der Waals surface area contributed by atoms with Crippen LogP contribution in [0.5, 0.6) is 0 Å². The molecule has 3 aromatic heterocycles. The van der Waals surface area contributed by atoms with Gasteiger partial charge in [-0.05, 0) is 84.6 Å². The lowest BCUT2D eigenvalue weighted by Crippen LogP contribution is -2.04. The maximum atomic E-state index is 10.3. The van der Waals surface area contributed by atoms with Gasteiger partial charge in [-0.3, -0.25) is 0 Å². The second kappa shape index (κ2) is 10.6. The van der Waals surface area contributed by atoms with Gasteiger partial charge in [0.1, 0.15) is 0 Å². The van der Waals surface area contributed by atoms with E-state index in [1.165, 1.54) is 47.6 Å². The Bertz CT molecular complexity index is 2920. The summed E-state index contributed by atoms with van der Waals surface area (Å²) >= 11 is 1.85. The molecule has 228 valence electrons. The van der Waals surface area contributed by atoms with Crippen molar-refractivity contribution in [2.24, 2.45) is 0 Å². The highest BCUT2D eigenvalue weighted by Crippen LogP contribution is 2.44. The molecule has 6 aromatic carbocycles. The summed E-state index contributed by atoms with van der Waals surface area (Å²) < 4.78 is 7.19. The van der Waals surface area contributed by atoms with E-state index in [4.69, 9.17) is 0 Å². The molecule has 0 fully saturated rings. The molecule has 1 aliphatic carbocycles. The molecular weight excluding hydrogens is 617 g/mol. The Morgan fingerprint density at radius 3 is 1.86 bits per heavy atom. The molecule has 0 saturated carbocycles. The summed E-state index contributed by atoms with van der Waals surface area (Å²) in [5.41, 5.74) is 10.7. The maximum absolute atomic E-state index is 10.3. The quantitative estimate of drug-likeness (QED) is 0.193. The number of nitriles is 2. The lowest BCUT2D eigenvalue weighted by Gasteiger charge is -2.16.